The van der Waals surface area contributed by atoms with Crippen molar-refractivity contribution in [2.75, 3.05) is 11.9 Å². The molecule has 1 N–H and O–H groups in total. The first kappa shape index (κ1) is 12.9. The number of aromatic nitrogens is 2. The minimum Gasteiger partial charge on any atom is -0.472 e. The maximum atomic E-state index is 11.8. The van der Waals surface area contributed by atoms with Gasteiger partial charge in [-0.25, -0.2) is 0 Å². The van der Waals surface area contributed by atoms with Crippen LogP contribution < -0.4 is 5.32 Å². The summed E-state index contributed by atoms with van der Waals surface area (Å²) in [7, 11) is 0. The van der Waals surface area contributed by atoms with Crippen LogP contribution in [0.5, 0.6) is 0 Å². The molecule has 2 aromatic heterocycles. The number of ether oxygens (including phenoxy) is 1. The van der Waals surface area contributed by atoms with E-state index >= 15 is 0 Å². The molecule has 6 nitrogen and oxygen atoms in total. The quantitative estimate of drug-likeness (QED) is 0.929. The summed E-state index contributed by atoms with van der Waals surface area (Å²) in [6, 6.07) is 1.62. The average Bonchev–Trinajstić information content (AvgIpc) is 3.11. The minimum atomic E-state index is -0.202. The van der Waals surface area contributed by atoms with Crippen LogP contribution in [0.2, 0.25) is 0 Å². The molecule has 0 aliphatic carbocycles. The zero-order valence-corrected chi connectivity index (χ0v) is 11.1. The number of carbonyl (C=O) groups excluding carboxylic acids is 1. The van der Waals surface area contributed by atoms with Gasteiger partial charge in [-0.3, -0.25) is 9.48 Å². The number of rotatable bonds is 4. The fraction of sp³-hybridized carbons (Fsp3) is 0.429. The Morgan fingerprint density at radius 2 is 2.45 bits per heavy atom. The van der Waals surface area contributed by atoms with Gasteiger partial charge < -0.3 is 14.5 Å². The first-order chi connectivity index (χ1) is 9.81. The summed E-state index contributed by atoms with van der Waals surface area (Å²) in [5, 5.41) is 7.02. The second-order valence-corrected chi connectivity index (χ2v) is 4.91. The molecule has 1 aliphatic heterocycles. The lowest BCUT2D eigenvalue weighted by molar-refractivity contribution is 0.00401. The van der Waals surface area contributed by atoms with E-state index in [0.29, 0.717) is 11.3 Å². The standard InChI is InChI=1S/C14H17N3O3/c18-14(11-4-6-19-10-11)16-12-7-15-17(8-12)9-13-3-1-2-5-20-13/h4,6-8,10,13H,1-3,5,9H2,(H,16,18)/t13-/m1/s1. The predicted molar refractivity (Wildman–Crippen MR) is 72.5 cm³/mol. The van der Waals surface area contributed by atoms with Gasteiger partial charge in [-0.1, -0.05) is 0 Å². The van der Waals surface area contributed by atoms with Crippen molar-refractivity contribution in [2.24, 2.45) is 0 Å². The van der Waals surface area contributed by atoms with E-state index in [-0.39, 0.29) is 12.0 Å². The molecule has 0 aromatic carbocycles. The van der Waals surface area contributed by atoms with E-state index in [1.54, 1.807) is 16.9 Å². The number of carbonyl (C=O) groups is 1. The molecule has 1 aliphatic rings. The highest BCUT2D eigenvalue weighted by Crippen LogP contribution is 2.15. The van der Waals surface area contributed by atoms with Gasteiger partial charge in [-0.05, 0) is 25.3 Å². The van der Waals surface area contributed by atoms with Gasteiger partial charge in [0, 0.05) is 12.8 Å². The molecule has 0 saturated carbocycles. The molecule has 20 heavy (non-hydrogen) atoms. The third-order valence-corrected chi connectivity index (χ3v) is 3.34. The summed E-state index contributed by atoms with van der Waals surface area (Å²) in [4.78, 5) is 11.8. The van der Waals surface area contributed by atoms with Crippen molar-refractivity contribution in [1.29, 1.82) is 0 Å². The van der Waals surface area contributed by atoms with E-state index in [1.807, 2.05) is 6.20 Å². The topological polar surface area (TPSA) is 69.3 Å². The molecule has 1 saturated heterocycles. The number of nitrogens with zero attached hydrogens (tertiary/aromatic N) is 2. The van der Waals surface area contributed by atoms with Crippen LogP contribution in [0, 0.1) is 0 Å². The summed E-state index contributed by atoms with van der Waals surface area (Å²) >= 11 is 0. The second-order valence-electron chi connectivity index (χ2n) is 4.91. The molecule has 0 spiro atoms. The lowest BCUT2D eigenvalue weighted by Gasteiger charge is -2.22. The van der Waals surface area contributed by atoms with Gasteiger partial charge in [-0.2, -0.15) is 5.10 Å². The summed E-state index contributed by atoms with van der Waals surface area (Å²) in [6.07, 6.45) is 9.97. The van der Waals surface area contributed by atoms with Gasteiger partial charge in [0.2, 0.25) is 0 Å². The smallest absolute Gasteiger partial charge is 0.259 e. The van der Waals surface area contributed by atoms with Crippen molar-refractivity contribution in [2.45, 2.75) is 31.9 Å². The fourth-order valence-corrected chi connectivity index (χ4v) is 2.28. The number of hydrogen-bond donors (Lipinski definition) is 1. The monoisotopic (exact) mass is 275 g/mol. The highest BCUT2D eigenvalue weighted by atomic mass is 16.5. The molecular weight excluding hydrogens is 258 g/mol. The number of furan rings is 1. The molecule has 6 heteroatoms. The fourth-order valence-electron chi connectivity index (χ4n) is 2.28. The van der Waals surface area contributed by atoms with Crippen LogP contribution in [-0.4, -0.2) is 28.4 Å². The molecule has 1 amide bonds. The summed E-state index contributed by atoms with van der Waals surface area (Å²) in [6.45, 7) is 1.55. The van der Waals surface area contributed by atoms with E-state index in [2.05, 4.69) is 10.4 Å². The van der Waals surface area contributed by atoms with E-state index in [0.717, 1.165) is 26.0 Å². The Morgan fingerprint density at radius 3 is 3.20 bits per heavy atom. The first-order valence-electron chi connectivity index (χ1n) is 6.79. The van der Waals surface area contributed by atoms with Gasteiger partial charge in [0.1, 0.15) is 6.26 Å². The van der Waals surface area contributed by atoms with E-state index in [9.17, 15) is 4.79 Å². The van der Waals surface area contributed by atoms with Gasteiger partial charge >= 0.3 is 0 Å². The third-order valence-electron chi connectivity index (χ3n) is 3.34. The summed E-state index contributed by atoms with van der Waals surface area (Å²) in [5.41, 5.74) is 1.17. The van der Waals surface area contributed by atoms with Gasteiger partial charge in [0.15, 0.2) is 0 Å². The van der Waals surface area contributed by atoms with Crippen LogP contribution in [0.15, 0.2) is 35.4 Å². The van der Waals surface area contributed by atoms with Crippen molar-refractivity contribution in [1.82, 2.24) is 9.78 Å². The van der Waals surface area contributed by atoms with Crippen LogP contribution in [0.25, 0.3) is 0 Å². The number of anilines is 1. The van der Waals surface area contributed by atoms with E-state index in [4.69, 9.17) is 9.15 Å². The Balaban J connectivity index is 1.57. The Hall–Kier alpha value is -2.08. The number of amides is 1. The lowest BCUT2D eigenvalue weighted by Crippen LogP contribution is -2.24. The third kappa shape index (κ3) is 3.08. The maximum Gasteiger partial charge on any atom is 0.259 e. The molecule has 1 fully saturated rings. The van der Waals surface area contributed by atoms with Crippen LogP contribution in [-0.2, 0) is 11.3 Å². The normalized spacial score (nSPS) is 18.9. The second kappa shape index (κ2) is 5.92. The Kier molecular flexibility index (Phi) is 3.83. The summed E-state index contributed by atoms with van der Waals surface area (Å²) < 4.78 is 12.4. The van der Waals surface area contributed by atoms with Crippen molar-refractivity contribution in [3.8, 4) is 0 Å². The van der Waals surface area contributed by atoms with Crippen LogP contribution >= 0.6 is 0 Å². The predicted octanol–water partition coefficient (Wildman–Crippen LogP) is 2.30. The lowest BCUT2D eigenvalue weighted by atomic mass is 10.1. The van der Waals surface area contributed by atoms with Gasteiger partial charge in [-0.15, -0.1) is 0 Å². The van der Waals surface area contributed by atoms with Crippen molar-refractivity contribution in [3.05, 3.63) is 36.5 Å². The Labute approximate surface area is 116 Å². The van der Waals surface area contributed by atoms with Crippen LogP contribution in [0.1, 0.15) is 29.6 Å². The number of hydrogen-bond acceptors (Lipinski definition) is 4. The minimum absolute atomic E-state index is 0.202. The first-order valence-corrected chi connectivity index (χ1v) is 6.79. The Morgan fingerprint density at radius 1 is 1.50 bits per heavy atom. The average molecular weight is 275 g/mol. The molecule has 3 rings (SSSR count). The van der Waals surface area contributed by atoms with Crippen LogP contribution in [0.4, 0.5) is 5.69 Å². The zero-order chi connectivity index (χ0) is 13.8. The Bertz CT molecular complexity index is 556. The van der Waals surface area contributed by atoms with Crippen molar-refractivity contribution in [3.63, 3.8) is 0 Å². The van der Waals surface area contributed by atoms with E-state index < -0.39 is 0 Å². The van der Waals surface area contributed by atoms with Gasteiger partial charge in [0.05, 0.1) is 36.4 Å². The molecule has 0 bridgehead atoms. The number of nitrogens with one attached hydrogen (secondary N) is 1. The highest BCUT2D eigenvalue weighted by Gasteiger charge is 2.15. The molecule has 0 radical (unpaired) electrons. The molecule has 106 valence electrons. The molecular formula is C14H17N3O3. The molecule has 0 unspecified atom stereocenters. The van der Waals surface area contributed by atoms with E-state index in [1.165, 1.54) is 18.9 Å². The van der Waals surface area contributed by atoms with Crippen molar-refractivity contribution < 1.29 is 13.9 Å². The largest absolute Gasteiger partial charge is 0.472 e. The van der Waals surface area contributed by atoms with Crippen molar-refractivity contribution >= 4 is 11.6 Å². The summed E-state index contributed by atoms with van der Waals surface area (Å²) in [5.74, 6) is -0.202. The zero-order valence-electron chi connectivity index (χ0n) is 11.1. The van der Waals surface area contributed by atoms with Crippen LogP contribution in [0.3, 0.4) is 0 Å². The highest BCUT2D eigenvalue weighted by molar-refractivity contribution is 6.03. The van der Waals surface area contributed by atoms with Gasteiger partial charge in [0.25, 0.3) is 5.91 Å². The maximum absolute atomic E-state index is 11.8. The molecule has 2 aromatic rings. The molecule has 3 heterocycles. The molecule has 1 atom stereocenters. The SMILES string of the molecule is O=C(Nc1cnn(C[C@H]2CCCCO2)c1)c1ccoc1.